The monoisotopic (exact) mass is 391 g/mol. The second kappa shape index (κ2) is 7.80. The Kier molecular flexibility index (Phi) is 5.82. The van der Waals surface area contributed by atoms with Crippen molar-refractivity contribution in [1.82, 2.24) is 9.80 Å². The van der Waals surface area contributed by atoms with Crippen LogP contribution in [0.15, 0.2) is 30.3 Å². The van der Waals surface area contributed by atoms with Crippen molar-refractivity contribution >= 4 is 24.2 Å². The quantitative estimate of drug-likeness (QED) is 0.842. The lowest BCUT2D eigenvalue weighted by Gasteiger charge is -2.41. The number of nitrogens with two attached hydrogens (primary N) is 1. The highest BCUT2D eigenvalue weighted by Gasteiger charge is 2.48. The Hall–Kier alpha value is -1.59. The van der Waals surface area contributed by atoms with Crippen LogP contribution in [0.4, 0.5) is 0 Å². The molecule has 1 aromatic carbocycles. The fourth-order valence-electron chi connectivity index (χ4n) is 5.21. The van der Waals surface area contributed by atoms with Gasteiger partial charge >= 0.3 is 0 Å². The number of hydrogen-bond donors (Lipinski definition) is 1. The predicted molar refractivity (Wildman–Crippen MR) is 108 cm³/mol. The van der Waals surface area contributed by atoms with Crippen LogP contribution < -0.4 is 5.73 Å². The van der Waals surface area contributed by atoms with Crippen molar-refractivity contribution in [1.29, 1.82) is 0 Å². The molecule has 27 heavy (non-hydrogen) atoms. The number of fused-ring (bicyclic) bond motifs is 1. The van der Waals surface area contributed by atoms with Crippen molar-refractivity contribution in [2.24, 2.45) is 23.0 Å². The molecule has 4 unspecified atom stereocenters. The zero-order chi connectivity index (χ0) is 18.3. The zero-order valence-corrected chi connectivity index (χ0v) is 16.8. The van der Waals surface area contributed by atoms with E-state index in [1.807, 2.05) is 47.1 Å². The van der Waals surface area contributed by atoms with E-state index in [1.165, 1.54) is 0 Å². The minimum atomic E-state index is -0.481. The van der Waals surface area contributed by atoms with Crippen LogP contribution in [0.1, 0.15) is 43.0 Å². The maximum Gasteiger partial charge on any atom is 0.253 e. The highest BCUT2D eigenvalue weighted by Crippen LogP contribution is 2.40. The van der Waals surface area contributed by atoms with Gasteiger partial charge in [0.15, 0.2) is 0 Å². The Morgan fingerprint density at radius 3 is 2.56 bits per heavy atom. The van der Waals surface area contributed by atoms with Crippen LogP contribution in [0, 0.1) is 17.3 Å². The molecule has 3 aliphatic rings. The lowest BCUT2D eigenvalue weighted by Crippen LogP contribution is -2.53. The molecule has 1 saturated carbocycles. The molecule has 0 spiro atoms. The van der Waals surface area contributed by atoms with Gasteiger partial charge in [0.2, 0.25) is 5.91 Å². The van der Waals surface area contributed by atoms with Crippen molar-refractivity contribution in [3.05, 3.63) is 35.9 Å². The molecule has 4 rings (SSSR count). The molecule has 4 atom stereocenters. The lowest BCUT2D eigenvalue weighted by molar-refractivity contribution is -0.143. The maximum atomic E-state index is 13.3. The maximum absolute atomic E-state index is 13.3. The minimum Gasteiger partial charge on any atom is -0.342 e. The summed E-state index contributed by atoms with van der Waals surface area (Å²) in [7, 11) is 0. The molecule has 1 aromatic rings. The molecule has 2 amide bonds. The zero-order valence-electron chi connectivity index (χ0n) is 16.0. The van der Waals surface area contributed by atoms with Crippen LogP contribution in [0.25, 0.3) is 0 Å². The highest BCUT2D eigenvalue weighted by atomic mass is 35.5. The number of nitrogens with zero attached hydrogens (tertiary/aromatic N) is 2. The third-order valence-electron chi connectivity index (χ3n) is 6.72. The van der Waals surface area contributed by atoms with Crippen LogP contribution in [-0.2, 0) is 4.79 Å². The van der Waals surface area contributed by atoms with Gasteiger partial charge in [-0.2, -0.15) is 0 Å². The molecule has 0 radical (unpaired) electrons. The molecule has 2 N–H and O–H groups in total. The van der Waals surface area contributed by atoms with Crippen LogP contribution in [-0.4, -0.2) is 53.8 Å². The van der Waals surface area contributed by atoms with E-state index in [2.05, 4.69) is 0 Å². The molecule has 1 aliphatic carbocycles. The second-order valence-corrected chi connectivity index (χ2v) is 8.63. The molecule has 5 nitrogen and oxygen atoms in total. The van der Waals surface area contributed by atoms with Gasteiger partial charge in [-0.25, -0.2) is 0 Å². The predicted octanol–water partition coefficient (Wildman–Crippen LogP) is 2.55. The molecule has 148 valence electrons. The van der Waals surface area contributed by atoms with E-state index < -0.39 is 5.41 Å². The Morgan fingerprint density at radius 2 is 1.85 bits per heavy atom. The highest BCUT2D eigenvalue weighted by molar-refractivity contribution is 5.95. The van der Waals surface area contributed by atoms with E-state index in [0.717, 1.165) is 45.3 Å². The first kappa shape index (κ1) is 20.2. The Bertz CT molecular complexity index is 698. The largest absolute Gasteiger partial charge is 0.342 e. The normalized spacial score (nSPS) is 32.7. The van der Waals surface area contributed by atoms with E-state index in [1.54, 1.807) is 0 Å². The fourth-order valence-corrected chi connectivity index (χ4v) is 5.21. The number of benzene rings is 1. The number of rotatable bonds is 2. The van der Waals surface area contributed by atoms with Gasteiger partial charge < -0.3 is 15.5 Å². The Morgan fingerprint density at radius 1 is 1.11 bits per heavy atom. The first-order valence-corrected chi connectivity index (χ1v) is 9.87. The topological polar surface area (TPSA) is 66.6 Å². The molecule has 3 fully saturated rings. The summed E-state index contributed by atoms with van der Waals surface area (Å²) in [6.45, 7) is 4.92. The number of amides is 2. The first-order valence-electron chi connectivity index (χ1n) is 9.87. The number of halogens is 1. The van der Waals surface area contributed by atoms with E-state index in [9.17, 15) is 9.59 Å². The number of piperidine rings is 1. The summed E-state index contributed by atoms with van der Waals surface area (Å²) in [5.41, 5.74) is 6.45. The third-order valence-corrected chi connectivity index (χ3v) is 6.72. The van der Waals surface area contributed by atoms with E-state index in [4.69, 9.17) is 5.73 Å². The van der Waals surface area contributed by atoms with Gasteiger partial charge in [0.25, 0.3) is 5.91 Å². The van der Waals surface area contributed by atoms with Crippen LogP contribution in [0.5, 0.6) is 0 Å². The molecular weight excluding hydrogens is 362 g/mol. The van der Waals surface area contributed by atoms with E-state index >= 15 is 0 Å². The Labute approximate surface area is 167 Å². The Balaban J connectivity index is 0.00000210. The van der Waals surface area contributed by atoms with Gasteiger partial charge in [0, 0.05) is 37.8 Å². The van der Waals surface area contributed by atoms with Crippen molar-refractivity contribution in [3.8, 4) is 0 Å². The smallest absolute Gasteiger partial charge is 0.253 e. The van der Waals surface area contributed by atoms with Gasteiger partial charge in [-0.15, -0.1) is 12.4 Å². The first-order chi connectivity index (χ1) is 12.5. The van der Waals surface area contributed by atoms with Gasteiger partial charge in [-0.3, -0.25) is 9.59 Å². The summed E-state index contributed by atoms with van der Waals surface area (Å²) in [6, 6.07) is 9.61. The molecule has 2 heterocycles. The van der Waals surface area contributed by atoms with E-state index in [-0.39, 0.29) is 30.3 Å². The van der Waals surface area contributed by atoms with Gasteiger partial charge in [0.05, 0.1) is 5.41 Å². The second-order valence-electron chi connectivity index (χ2n) is 8.63. The SMILES string of the molecule is CC1(C(=O)N2CC3CCC(N)C3C2)CCCN(C(=O)c2ccccc2)C1.Cl. The lowest BCUT2D eigenvalue weighted by atomic mass is 9.80. The van der Waals surface area contributed by atoms with Crippen molar-refractivity contribution in [3.63, 3.8) is 0 Å². The average Bonchev–Trinajstić information content (AvgIpc) is 3.23. The number of hydrogen-bond acceptors (Lipinski definition) is 3. The fraction of sp³-hybridized carbons (Fsp3) is 0.619. The molecular formula is C21H30ClN3O2. The summed E-state index contributed by atoms with van der Waals surface area (Å²) in [5, 5.41) is 0. The van der Waals surface area contributed by atoms with E-state index in [0.29, 0.717) is 23.9 Å². The summed E-state index contributed by atoms with van der Waals surface area (Å²) in [5.74, 6) is 1.28. The van der Waals surface area contributed by atoms with Gasteiger partial charge in [-0.05, 0) is 56.6 Å². The number of carbonyl (C=O) groups is 2. The third kappa shape index (κ3) is 3.72. The van der Waals surface area contributed by atoms with Crippen molar-refractivity contribution in [2.75, 3.05) is 26.2 Å². The summed E-state index contributed by atoms with van der Waals surface area (Å²) in [4.78, 5) is 30.0. The summed E-state index contributed by atoms with van der Waals surface area (Å²) >= 11 is 0. The summed E-state index contributed by atoms with van der Waals surface area (Å²) < 4.78 is 0. The van der Waals surface area contributed by atoms with Crippen LogP contribution in [0.2, 0.25) is 0 Å². The van der Waals surface area contributed by atoms with Gasteiger partial charge in [0.1, 0.15) is 0 Å². The van der Waals surface area contributed by atoms with Crippen LogP contribution >= 0.6 is 12.4 Å². The van der Waals surface area contributed by atoms with Gasteiger partial charge in [-0.1, -0.05) is 18.2 Å². The number of carbonyl (C=O) groups excluding carboxylic acids is 2. The van der Waals surface area contributed by atoms with Crippen molar-refractivity contribution < 1.29 is 9.59 Å². The number of likely N-dealkylation sites (tertiary alicyclic amines) is 2. The molecule has 0 bridgehead atoms. The molecule has 0 aromatic heterocycles. The van der Waals surface area contributed by atoms with Crippen molar-refractivity contribution in [2.45, 2.75) is 38.6 Å². The molecule has 2 aliphatic heterocycles. The molecule has 6 heteroatoms. The summed E-state index contributed by atoms with van der Waals surface area (Å²) in [6.07, 6.45) is 3.96. The average molecular weight is 392 g/mol. The minimum absolute atomic E-state index is 0. The molecule has 2 saturated heterocycles. The van der Waals surface area contributed by atoms with Crippen LogP contribution in [0.3, 0.4) is 0 Å². The standard InChI is InChI=1S/C21H29N3O2.ClH/c1-21(20(26)24-12-16-8-9-18(22)17(16)13-24)10-5-11-23(14-21)19(25)15-6-3-2-4-7-15;/h2-4,6-7,16-18H,5,8-14,22H2,1H3;1H.